The zero-order valence-corrected chi connectivity index (χ0v) is 12.5. The van der Waals surface area contributed by atoms with Crippen molar-refractivity contribution in [1.82, 2.24) is 0 Å². The Balaban J connectivity index is 2.06. The van der Waals surface area contributed by atoms with E-state index in [1.54, 1.807) is 53.0 Å². The van der Waals surface area contributed by atoms with Gasteiger partial charge in [-0.1, -0.05) is 33.7 Å². The van der Waals surface area contributed by atoms with Crippen LogP contribution in [0.25, 0.3) is 0 Å². The molecule has 0 bridgehead atoms. The van der Waals surface area contributed by atoms with E-state index < -0.39 is 0 Å². The average molecular weight is 302 g/mol. The summed E-state index contributed by atoms with van der Waals surface area (Å²) in [4.78, 5) is 11.5. The maximum absolute atomic E-state index is 11.5. The van der Waals surface area contributed by atoms with Crippen LogP contribution in [0, 0.1) is 0 Å². The molecule has 0 saturated heterocycles. The zero-order chi connectivity index (χ0) is 13.9. The molecular weight excluding hydrogens is 284 g/mol. The lowest BCUT2D eigenvalue weighted by molar-refractivity contribution is -0.142. The van der Waals surface area contributed by atoms with Gasteiger partial charge in [0.1, 0.15) is 12.4 Å². The first-order valence-corrected chi connectivity index (χ1v) is 8.38. The number of rotatable bonds is 9. The predicted molar refractivity (Wildman–Crippen MR) is 79.6 cm³/mol. The highest BCUT2D eigenvalue weighted by molar-refractivity contribution is 8.76. The van der Waals surface area contributed by atoms with E-state index in [0.29, 0.717) is 6.61 Å². The second kappa shape index (κ2) is 10.00. The molecule has 0 unspecified atom stereocenters. The Morgan fingerprint density at radius 3 is 2.42 bits per heavy atom. The second-order valence-electron chi connectivity index (χ2n) is 3.70. The summed E-state index contributed by atoms with van der Waals surface area (Å²) in [6.45, 7) is 1.15. The van der Waals surface area contributed by atoms with Gasteiger partial charge in [0.2, 0.25) is 0 Å². The zero-order valence-electron chi connectivity index (χ0n) is 10.8. The van der Waals surface area contributed by atoms with Crippen molar-refractivity contribution in [3.8, 4) is 5.75 Å². The highest BCUT2D eigenvalue weighted by Gasteiger charge is 2.04. The van der Waals surface area contributed by atoms with Crippen molar-refractivity contribution >= 4 is 27.6 Å². The van der Waals surface area contributed by atoms with Crippen LogP contribution < -0.4 is 0 Å². The molecule has 0 aliphatic rings. The van der Waals surface area contributed by atoms with Crippen LogP contribution in [0.3, 0.4) is 0 Å². The molecule has 0 amide bonds. The van der Waals surface area contributed by atoms with Gasteiger partial charge in [-0.05, 0) is 17.7 Å². The number of carbonyl (C=O) groups is 1. The number of hydrogen-bond donors (Lipinski definition) is 1. The van der Waals surface area contributed by atoms with Crippen LogP contribution in [0.15, 0.2) is 24.3 Å². The van der Waals surface area contributed by atoms with Crippen LogP contribution in [0.2, 0.25) is 0 Å². The minimum Gasteiger partial charge on any atom is -0.508 e. The van der Waals surface area contributed by atoms with Gasteiger partial charge in [-0.2, -0.15) is 0 Å². The quantitative estimate of drug-likeness (QED) is 0.430. The van der Waals surface area contributed by atoms with E-state index in [4.69, 9.17) is 14.6 Å². The summed E-state index contributed by atoms with van der Waals surface area (Å²) in [6.07, 6.45) is 0.238. The van der Waals surface area contributed by atoms with Crippen molar-refractivity contribution in [2.75, 3.05) is 31.8 Å². The minimum absolute atomic E-state index is 0.196. The summed E-state index contributed by atoms with van der Waals surface area (Å²) in [6, 6.07) is 6.55. The Bertz CT molecular complexity index is 367. The van der Waals surface area contributed by atoms with Crippen LogP contribution in [-0.2, 0) is 20.7 Å². The maximum Gasteiger partial charge on any atom is 0.310 e. The number of methoxy groups -OCH3 is 1. The first-order chi connectivity index (χ1) is 9.22. The third-order valence-corrected chi connectivity index (χ3v) is 4.50. The molecule has 106 valence electrons. The van der Waals surface area contributed by atoms with Crippen molar-refractivity contribution < 1.29 is 19.4 Å². The highest BCUT2D eigenvalue weighted by atomic mass is 33.1. The van der Waals surface area contributed by atoms with E-state index in [-0.39, 0.29) is 18.1 Å². The van der Waals surface area contributed by atoms with Gasteiger partial charge in [-0.3, -0.25) is 4.79 Å². The predicted octanol–water partition coefficient (Wildman–Crippen LogP) is 2.51. The SMILES string of the molecule is COCCSSCCOC(=O)Cc1ccc(O)cc1. The molecule has 0 radical (unpaired) electrons. The number of ether oxygens (including phenoxy) is 2. The fourth-order valence-corrected chi connectivity index (χ4v) is 2.99. The number of benzene rings is 1. The van der Waals surface area contributed by atoms with Crippen molar-refractivity contribution in [3.05, 3.63) is 29.8 Å². The minimum atomic E-state index is -0.242. The largest absolute Gasteiger partial charge is 0.508 e. The Hall–Kier alpha value is -0.850. The second-order valence-corrected chi connectivity index (χ2v) is 6.40. The lowest BCUT2D eigenvalue weighted by Gasteiger charge is -2.05. The molecule has 4 nitrogen and oxygen atoms in total. The van der Waals surface area contributed by atoms with Crippen molar-refractivity contribution in [3.63, 3.8) is 0 Å². The summed E-state index contributed by atoms with van der Waals surface area (Å²) in [5.41, 5.74) is 0.838. The lowest BCUT2D eigenvalue weighted by Crippen LogP contribution is -2.10. The van der Waals surface area contributed by atoms with Crippen molar-refractivity contribution in [2.24, 2.45) is 0 Å². The number of aromatic hydroxyl groups is 1. The third kappa shape index (κ3) is 8.02. The van der Waals surface area contributed by atoms with Crippen LogP contribution in [-0.4, -0.2) is 42.9 Å². The summed E-state index contributed by atoms with van der Waals surface area (Å²) in [5, 5.41) is 9.12. The highest BCUT2D eigenvalue weighted by Crippen LogP contribution is 2.20. The van der Waals surface area contributed by atoms with Gasteiger partial charge in [0.05, 0.1) is 13.0 Å². The van der Waals surface area contributed by atoms with Gasteiger partial charge >= 0.3 is 5.97 Å². The van der Waals surface area contributed by atoms with E-state index in [9.17, 15) is 4.79 Å². The smallest absolute Gasteiger partial charge is 0.310 e. The molecule has 0 spiro atoms. The molecule has 0 aliphatic heterocycles. The van der Waals surface area contributed by atoms with Gasteiger partial charge in [-0.25, -0.2) is 0 Å². The Morgan fingerprint density at radius 1 is 1.16 bits per heavy atom. The molecular formula is C13H18O4S2. The first kappa shape index (κ1) is 16.2. The molecule has 1 N–H and O–H groups in total. The Kier molecular flexibility index (Phi) is 8.53. The van der Waals surface area contributed by atoms with Crippen molar-refractivity contribution in [1.29, 1.82) is 0 Å². The van der Waals surface area contributed by atoms with Crippen LogP contribution in [0.5, 0.6) is 5.75 Å². The monoisotopic (exact) mass is 302 g/mol. The summed E-state index contributed by atoms with van der Waals surface area (Å²) < 4.78 is 10.0. The van der Waals surface area contributed by atoms with E-state index in [2.05, 4.69) is 0 Å². The number of hydrogen-bond acceptors (Lipinski definition) is 6. The normalized spacial score (nSPS) is 10.4. The molecule has 0 heterocycles. The fraction of sp³-hybridized carbons (Fsp3) is 0.462. The van der Waals surface area contributed by atoms with Crippen molar-refractivity contribution in [2.45, 2.75) is 6.42 Å². The van der Waals surface area contributed by atoms with Gasteiger partial charge < -0.3 is 14.6 Å². The molecule has 1 rings (SSSR count). The van der Waals surface area contributed by atoms with Crippen LogP contribution in [0.1, 0.15) is 5.56 Å². The van der Waals surface area contributed by atoms with E-state index in [1.165, 1.54) is 0 Å². The Labute approximate surface area is 121 Å². The van der Waals surface area contributed by atoms with Gasteiger partial charge in [0, 0.05) is 18.6 Å². The number of phenols is 1. The number of phenolic OH excluding ortho intramolecular Hbond substituents is 1. The molecule has 0 saturated carbocycles. The molecule has 1 aromatic carbocycles. The molecule has 1 aromatic rings. The molecule has 0 aromatic heterocycles. The van der Waals surface area contributed by atoms with Gasteiger partial charge in [0.25, 0.3) is 0 Å². The van der Waals surface area contributed by atoms with Crippen LogP contribution >= 0.6 is 21.6 Å². The van der Waals surface area contributed by atoms with E-state index in [1.807, 2.05) is 0 Å². The lowest BCUT2D eigenvalue weighted by atomic mass is 10.1. The third-order valence-electron chi connectivity index (χ3n) is 2.17. The molecule has 0 atom stereocenters. The summed E-state index contributed by atoms with van der Waals surface area (Å²) in [7, 11) is 5.05. The van der Waals surface area contributed by atoms with Crippen LogP contribution in [0.4, 0.5) is 0 Å². The standard InChI is InChI=1S/C13H18O4S2/c1-16-6-8-18-19-9-7-17-13(15)10-11-2-4-12(14)5-3-11/h2-5,14H,6-10H2,1H3. The number of carbonyl (C=O) groups excluding carboxylic acids is 1. The maximum atomic E-state index is 11.5. The summed E-state index contributed by atoms with van der Waals surface area (Å²) in [5.74, 6) is 1.66. The van der Waals surface area contributed by atoms with E-state index >= 15 is 0 Å². The van der Waals surface area contributed by atoms with E-state index in [0.717, 1.165) is 23.7 Å². The fourth-order valence-electron chi connectivity index (χ4n) is 1.26. The molecule has 19 heavy (non-hydrogen) atoms. The molecule has 0 fully saturated rings. The first-order valence-electron chi connectivity index (χ1n) is 5.89. The summed E-state index contributed by atoms with van der Waals surface area (Å²) >= 11 is 0. The number of esters is 1. The topological polar surface area (TPSA) is 55.8 Å². The average Bonchev–Trinajstić information content (AvgIpc) is 2.40. The Morgan fingerprint density at radius 2 is 1.79 bits per heavy atom. The van der Waals surface area contributed by atoms with Gasteiger partial charge in [-0.15, -0.1) is 0 Å². The molecule has 0 aliphatic carbocycles. The van der Waals surface area contributed by atoms with Gasteiger partial charge in [0.15, 0.2) is 0 Å². The molecule has 6 heteroatoms.